The van der Waals surface area contributed by atoms with Crippen LogP contribution >= 0.6 is 0 Å². The predicted octanol–water partition coefficient (Wildman–Crippen LogP) is 3.89. The molecule has 0 spiro atoms. The Bertz CT molecular complexity index is 1060. The number of benzene rings is 2. The van der Waals surface area contributed by atoms with E-state index in [-0.39, 0.29) is 10.8 Å². The molecular formula is C20H20N4O3S. The third-order valence-electron chi connectivity index (χ3n) is 3.82. The molecule has 1 amide bonds. The van der Waals surface area contributed by atoms with Gasteiger partial charge in [-0.1, -0.05) is 17.7 Å². The highest BCUT2D eigenvalue weighted by atomic mass is 32.2. The second-order valence-corrected chi connectivity index (χ2v) is 7.92. The Morgan fingerprint density at radius 3 is 2.04 bits per heavy atom. The lowest BCUT2D eigenvalue weighted by Gasteiger charge is -2.10. The average molecular weight is 396 g/mol. The Morgan fingerprint density at radius 2 is 1.46 bits per heavy atom. The van der Waals surface area contributed by atoms with Gasteiger partial charge in [0.05, 0.1) is 16.8 Å². The molecule has 2 aromatic carbocycles. The van der Waals surface area contributed by atoms with Gasteiger partial charge in [0.15, 0.2) is 0 Å². The molecule has 0 bridgehead atoms. The molecule has 0 aliphatic rings. The SMILES string of the molecule is CC(=O)Nc1ccc(Nc2ccc(NS(=O)(=O)c3ccc(C)cc3)cn2)cc1. The van der Waals surface area contributed by atoms with E-state index in [2.05, 4.69) is 20.3 Å². The van der Waals surface area contributed by atoms with E-state index in [0.29, 0.717) is 17.2 Å². The first-order valence-electron chi connectivity index (χ1n) is 8.52. The van der Waals surface area contributed by atoms with E-state index in [1.54, 1.807) is 60.7 Å². The van der Waals surface area contributed by atoms with Gasteiger partial charge in [-0.15, -0.1) is 0 Å². The first-order chi connectivity index (χ1) is 13.3. The van der Waals surface area contributed by atoms with Crippen molar-refractivity contribution in [2.45, 2.75) is 18.7 Å². The van der Waals surface area contributed by atoms with E-state index in [0.717, 1.165) is 11.3 Å². The molecule has 3 aromatic rings. The van der Waals surface area contributed by atoms with Crippen LogP contribution in [-0.2, 0) is 14.8 Å². The topological polar surface area (TPSA) is 100 Å². The van der Waals surface area contributed by atoms with Crippen molar-refractivity contribution < 1.29 is 13.2 Å². The maximum Gasteiger partial charge on any atom is 0.261 e. The van der Waals surface area contributed by atoms with Crippen molar-refractivity contribution in [1.82, 2.24) is 4.98 Å². The molecule has 0 atom stereocenters. The fourth-order valence-electron chi connectivity index (χ4n) is 2.45. The van der Waals surface area contributed by atoms with Crippen LogP contribution in [0.3, 0.4) is 0 Å². The Morgan fingerprint density at radius 1 is 0.857 bits per heavy atom. The molecule has 0 saturated carbocycles. The Hall–Kier alpha value is -3.39. The molecule has 0 aliphatic carbocycles. The quantitative estimate of drug-likeness (QED) is 0.587. The van der Waals surface area contributed by atoms with Gasteiger partial charge in [-0.25, -0.2) is 13.4 Å². The van der Waals surface area contributed by atoms with Crippen molar-refractivity contribution >= 4 is 38.8 Å². The molecule has 0 unspecified atom stereocenters. The van der Waals surface area contributed by atoms with Crippen molar-refractivity contribution in [3.8, 4) is 0 Å². The normalized spacial score (nSPS) is 10.9. The molecule has 1 heterocycles. The van der Waals surface area contributed by atoms with E-state index in [9.17, 15) is 13.2 Å². The number of sulfonamides is 1. The summed E-state index contributed by atoms with van der Waals surface area (Å²) >= 11 is 0. The van der Waals surface area contributed by atoms with Crippen LogP contribution in [0.4, 0.5) is 22.9 Å². The number of nitrogens with one attached hydrogen (secondary N) is 3. The molecule has 3 N–H and O–H groups in total. The fraction of sp³-hybridized carbons (Fsp3) is 0.100. The van der Waals surface area contributed by atoms with E-state index in [1.807, 2.05) is 6.92 Å². The van der Waals surface area contributed by atoms with Crippen molar-refractivity contribution in [1.29, 1.82) is 0 Å². The minimum Gasteiger partial charge on any atom is -0.340 e. The summed E-state index contributed by atoms with van der Waals surface area (Å²) in [5.41, 5.74) is 2.84. The molecule has 0 fully saturated rings. The lowest BCUT2D eigenvalue weighted by molar-refractivity contribution is -0.114. The van der Waals surface area contributed by atoms with Gasteiger partial charge in [-0.3, -0.25) is 9.52 Å². The Kier molecular flexibility index (Phi) is 5.60. The van der Waals surface area contributed by atoms with E-state index in [1.165, 1.54) is 13.1 Å². The summed E-state index contributed by atoms with van der Waals surface area (Å²) in [7, 11) is -3.66. The van der Waals surface area contributed by atoms with Gasteiger partial charge in [0.1, 0.15) is 5.82 Å². The molecule has 3 rings (SSSR count). The molecule has 0 aliphatic heterocycles. The summed E-state index contributed by atoms with van der Waals surface area (Å²) in [6.45, 7) is 3.34. The fourth-order valence-corrected chi connectivity index (χ4v) is 3.49. The van der Waals surface area contributed by atoms with Gasteiger partial charge in [0.2, 0.25) is 5.91 Å². The Labute approximate surface area is 163 Å². The highest BCUT2D eigenvalue weighted by Crippen LogP contribution is 2.20. The largest absolute Gasteiger partial charge is 0.340 e. The third-order valence-corrected chi connectivity index (χ3v) is 5.22. The number of carbonyl (C=O) groups excluding carboxylic acids is 1. The standard InChI is InChI=1S/C20H20N4O3S/c1-14-3-10-19(11-4-14)28(26,27)24-18-9-12-20(21-13-18)23-17-7-5-16(6-8-17)22-15(2)25/h3-13,24H,1-2H3,(H,21,23)(H,22,25). The number of hydrogen-bond donors (Lipinski definition) is 3. The highest BCUT2D eigenvalue weighted by molar-refractivity contribution is 7.92. The second kappa shape index (κ2) is 8.10. The predicted molar refractivity (Wildman–Crippen MR) is 110 cm³/mol. The van der Waals surface area contributed by atoms with Gasteiger partial charge < -0.3 is 10.6 Å². The number of aromatic nitrogens is 1. The van der Waals surface area contributed by atoms with Gasteiger partial charge >= 0.3 is 0 Å². The van der Waals surface area contributed by atoms with Crippen LogP contribution in [-0.4, -0.2) is 19.3 Å². The van der Waals surface area contributed by atoms with E-state index >= 15 is 0 Å². The zero-order valence-electron chi connectivity index (χ0n) is 15.4. The Balaban J connectivity index is 1.66. The van der Waals surface area contributed by atoms with Crippen molar-refractivity contribution in [3.05, 3.63) is 72.4 Å². The van der Waals surface area contributed by atoms with E-state index in [4.69, 9.17) is 0 Å². The zero-order chi connectivity index (χ0) is 20.1. The van der Waals surface area contributed by atoms with Crippen molar-refractivity contribution in [3.63, 3.8) is 0 Å². The lowest BCUT2D eigenvalue weighted by Crippen LogP contribution is -2.13. The number of carbonyl (C=O) groups is 1. The molecule has 144 valence electrons. The number of amides is 1. The summed E-state index contributed by atoms with van der Waals surface area (Å²) in [5.74, 6) is 0.427. The van der Waals surface area contributed by atoms with Gasteiger partial charge in [0.25, 0.3) is 10.0 Å². The minimum absolute atomic E-state index is 0.133. The third kappa shape index (κ3) is 5.08. The number of aryl methyl sites for hydroxylation is 1. The lowest BCUT2D eigenvalue weighted by atomic mass is 10.2. The number of anilines is 4. The van der Waals surface area contributed by atoms with Crippen molar-refractivity contribution in [2.24, 2.45) is 0 Å². The second-order valence-electron chi connectivity index (χ2n) is 6.23. The molecule has 0 saturated heterocycles. The molecule has 8 heteroatoms. The molecule has 7 nitrogen and oxygen atoms in total. The van der Waals surface area contributed by atoms with Crippen LogP contribution < -0.4 is 15.4 Å². The number of hydrogen-bond acceptors (Lipinski definition) is 5. The smallest absolute Gasteiger partial charge is 0.261 e. The summed E-state index contributed by atoms with van der Waals surface area (Å²) in [5, 5.41) is 5.81. The maximum absolute atomic E-state index is 12.4. The summed E-state index contributed by atoms with van der Waals surface area (Å²) in [6, 6.07) is 17.1. The number of pyridine rings is 1. The highest BCUT2D eigenvalue weighted by Gasteiger charge is 2.14. The molecule has 1 aromatic heterocycles. The monoisotopic (exact) mass is 396 g/mol. The molecule has 0 radical (unpaired) electrons. The van der Waals surface area contributed by atoms with E-state index < -0.39 is 10.0 Å². The summed E-state index contributed by atoms with van der Waals surface area (Å²) in [4.78, 5) is 15.5. The molecule has 28 heavy (non-hydrogen) atoms. The molecular weight excluding hydrogens is 376 g/mol. The van der Waals surface area contributed by atoms with Gasteiger partial charge in [-0.2, -0.15) is 0 Å². The summed E-state index contributed by atoms with van der Waals surface area (Å²) < 4.78 is 27.3. The number of rotatable bonds is 6. The first-order valence-corrected chi connectivity index (χ1v) is 10.0. The number of nitrogens with zero attached hydrogens (tertiary/aromatic N) is 1. The minimum atomic E-state index is -3.66. The van der Waals surface area contributed by atoms with Crippen LogP contribution in [0.1, 0.15) is 12.5 Å². The summed E-state index contributed by atoms with van der Waals surface area (Å²) in [6.07, 6.45) is 1.44. The van der Waals surface area contributed by atoms with Crippen LogP contribution in [0, 0.1) is 6.92 Å². The van der Waals surface area contributed by atoms with Crippen molar-refractivity contribution in [2.75, 3.05) is 15.4 Å². The van der Waals surface area contributed by atoms with Crippen LogP contribution in [0.5, 0.6) is 0 Å². The zero-order valence-corrected chi connectivity index (χ0v) is 16.2. The average Bonchev–Trinajstić information content (AvgIpc) is 2.65. The maximum atomic E-state index is 12.4. The first kappa shape index (κ1) is 19.4. The van der Waals surface area contributed by atoms with Gasteiger partial charge in [-0.05, 0) is 55.5 Å². The van der Waals surface area contributed by atoms with Crippen LogP contribution in [0.15, 0.2) is 71.8 Å². The van der Waals surface area contributed by atoms with Crippen LogP contribution in [0.25, 0.3) is 0 Å². The van der Waals surface area contributed by atoms with Gasteiger partial charge in [0, 0.05) is 18.3 Å². The van der Waals surface area contributed by atoms with Crippen LogP contribution in [0.2, 0.25) is 0 Å².